The molecule has 2 aliphatic rings. The third-order valence-electron chi connectivity index (χ3n) is 6.51. The molecule has 0 amide bonds. The molecule has 11 heteroatoms. The molecule has 2 fully saturated rings. The van der Waals surface area contributed by atoms with E-state index >= 15 is 0 Å². The Hall–Kier alpha value is -3.57. The topological polar surface area (TPSA) is 115 Å². The molecule has 0 saturated carbocycles. The largest absolute Gasteiger partial charge is 0.365 e. The Morgan fingerprint density at radius 3 is 2.69 bits per heavy atom. The van der Waals surface area contributed by atoms with Gasteiger partial charge in [-0.05, 0) is 31.5 Å². The van der Waals surface area contributed by atoms with Crippen LogP contribution in [0.15, 0.2) is 47.7 Å². The minimum absolute atomic E-state index is 0.170. The van der Waals surface area contributed by atoms with E-state index in [9.17, 15) is 4.79 Å². The number of nitrogens with one attached hydrogen (secondary N) is 3. The highest BCUT2D eigenvalue weighted by Crippen LogP contribution is 2.32. The zero-order valence-corrected chi connectivity index (χ0v) is 20.1. The first kappa shape index (κ1) is 21.9. The SMILES string of the molecule is O=c1[nH]c(N2CCN(c3cnccn3)CC2)nc(NC2CCCNC2)c1-c1nc2ccccc2s1. The third-order valence-corrected chi connectivity index (χ3v) is 7.56. The number of aromatic nitrogens is 5. The minimum atomic E-state index is -0.170. The number of piperidine rings is 1. The lowest BCUT2D eigenvalue weighted by molar-refractivity contribution is 0.479. The fraction of sp³-hybridized carbons (Fsp3) is 0.375. The lowest BCUT2D eigenvalue weighted by atomic mass is 10.1. The fourth-order valence-electron chi connectivity index (χ4n) is 4.66. The lowest BCUT2D eigenvalue weighted by Gasteiger charge is -2.35. The van der Waals surface area contributed by atoms with Crippen LogP contribution in [0.25, 0.3) is 20.8 Å². The van der Waals surface area contributed by atoms with E-state index < -0.39 is 0 Å². The molecule has 2 saturated heterocycles. The summed E-state index contributed by atoms with van der Waals surface area (Å²) >= 11 is 1.52. The quantitative estimate of drug-likeness (QED) is 0.388. The predicted molar refractivity (Wildman–Crippen MR) is 139 cm³/mol. The summed E-state index contributed by atoms with van der Waals surface area (Å²) in [5, 5.41) is 7.68. The van der Waals surface area contributed by atoms with Gasteiger partial charge in [0.15, 0.2) is 0 Å². The molecule has 180 valence electrons. The molecule has 10 nitrogen and oxygen atoms in total. The molecule has 6 rings (SSSR count). The lowest BCUT2D eigenvalue weighted by Crippen LogP contribution is -2.48. The van der Waals surface area contributed by atoms with Crippen LogP contribution < -0.4 is 26.0 Å². The second-order valence-corrected chi connectivity index (χ2v) is 9.86. The first-order chi connectivity index (χ1) is 17.2. The van der Waals surface area contributed by atoms with Crippen molar-refractivity contribution in [2.24, 2.45) is 0 Å². The van der Waals surface area contributed by atoms with Crippen molar-refractivity contribution in [2.45, 2.75) is 18.9 Å². The van der Waals surface area contributed by atoms with Crippen molar-refractivity contribution in [2.75, 3.05) is 54.4 Å². The van der Waals surface area contributed by atoms with Gasteiger partial charge in [-0.2, -0.15) is 4.98 Å². The number of hydrogen-bond acceptors (Lipinski definition) is 10. The monoisotopic (exact) mass is 489 g/mol. The zero-order chi connectivity index (χ0) is 23.6. The van der Waals surface area contributed by atoms with Crippen LogP contribution in [0.3, 0.4) is 0 Å². The van der Waals surface area contributed by atoms with Crippen molar-refractivity contribution in [3.63, 3.8) is 0 Å². The van der Waals surface area contributed by atoms with Crippen LogP contribution >= 0.6 is 11.3 Å². The van der Waals surface area contributed by atoms with E-state index in [-0.39, 0.29) is 11.6 Å². The van der Waals surface area contributed by atoms with Crippen LogP contribution in [-0.2, 0) is 0 Å². The second-order valence-electron chi connectivity index (χ2n) is 8.83. The van der Waals surface area contributed by atoms with Gasteiger partial charge in [-0.1, -0.05) is 12.1 Å². The summed E-state index contributed by atoms with van der Waals surface area (Å²) in [6.07, 6.45) is 7.29. The molecular weight excluding hydrogens is 462 g/mol. The van der Waals surface area contributed by atoms with Gasteiger partial charge in [0.1, 0.15) is 22.2 Å². The summed E-state index contributed by atoms with van der Waals surface area (Å²) in [7, 11) is 0. The zero-order valence-electron chi connectivity index (χ0n) is 19.3. The third kappa shape index (κ3) is 4.56. The van der Waals surface area contributed by atoms with E-state index in [1.54, 1.807) is 18.6 Å². The second kappa shape index (κ2) is 9.59. The van der Waals surface area contributed by atoms with Crippen molar-refractivity contribution in [3.8, 4) is 10.6 Å². The van der Waals surface area contributed by atoms with Gasteiger partial charge in [0, 0.05) is 51.2 Å². The van der Waals surface area contributed by atoms with E-state index in [1.165, 1.54) is 11.3 Å². The maximum absolute atomic E-state index is 13.5. The number of H-pyrrole nitrogens is 1. The highest BCUT2D eigenvalue weighted by atomic mass is 32.1. The van der Waals surface area contributed by atoms with Crippen molar-refractivity contribution in [1.82, 2.24) is 30.2 Å². The normalized spacial score (nSPS) is 18.7. The van der Waals surface area contributed by atoms with Crippen molar-refractivity contribution >= 4 is 39.1 Å². The van der Waals surface area contributed by atoms with Crippen molar-refractivity contribution in [1.29, 1.82) is 0 Å². The predicted octanol–water partition coefficient (Wildman–Crippen LogP) is 2.33. The Balaban J connectivity index is 1.32. The summed E-state index contributed by atoms with van der Waals surface area (Å²) in [6.45, 7) is 4.87. The van der Waals surface area contributed by atoms with Gasteiger partial charge in [-0.25, -0.2) is 9.97 Å². The number of para-hydroxylation sites is 1. The number of piperazine rings is 1. The average Bonchev–Trinajstić information content (AvgIpc) is 3.33. The van der Waals surface area contributed by atoms with Crippen molar-refractivity contribution in [3.05, 3.63) is 53.2 Å². The molecular formula is C24H27N9OS. The van der Waals surface area contributed by atoms with E-state index in [0.29, 0.717) is 22.3 Å². The number of nitrogens with zero attached hydrogens (tertiary/aromatic N) is 6. The smallest absolute Gasteiger partial charge is 0.264 e. The van der Waals surface area contributed by atoms with Gasteiger partial charge >= 0.3 is 0 Å². The van der Waals surface area contributed by atoms with Crippen molar-refractivity contribution < 1.29 is 0 Å². The van der Waals surface area contributed by atoms with E-state index in [1.807, 2.05) is 24.3 Å². The maximum atomic E-state index is 13.5. The molecule has 0 spiro atoms. The first-order valence-electron chi connectivity index (χ1n) is 12.0. The average molecular weight is 490 g/mol. The summed E-state index contributed by atoms with van der Waals surface area (Å²) < 4.78 is 1.05. The van der Waals surface area contributed by atoms with Crippen LogP contribution in [-0.4, -0.2) is 70.2 Å². The maximum Gasteiger partial charge on any atom is 0.264 e. The van der Waals surface area contributed by atoms with Gasteiger partial charge in [0.25, 0.3) is 5.56 Å². The van der Waals surface area contributed by atoms with Crippen LogP contribution in [0.4, 0.5) is 17.6 Å². The van der Waals surface area contributed by atoms with E-state index in [2.05, 4.69) is 35.4 Å². The number of aromatic amines is 1. The molecule has 0 radical (unpaired) electrons. The Labute approximate surface area is 206 Å². The Morgan fingerprint density at radius 1 is 1.06 bits per heavy atom. The van der Waals surface area contributed by atoms with E-state index in [0.717, 1.165) is 68.1 Å². The van der Waals surface area contributed by atoms with Gasteiger partial charge in [0.05, 0.1) is 16.4 Å². The molecule has 35 heavy (non-hydrogen) atoms. The number of fused-ring (bicyclic) bond motifs is 1. The van der Waals surface area contributed by atoms with Crippen LogP contribution in [0.1, 0.15) is 12.8 Å². The molecule has 3 aromatic heterocycles. The number of anilines is 3. The number of hydrogen-bond donors (Lipinski definition) is 3. The number of rotatable bonds is 5. The minimum Gasteiger partial charge on any atom is -0.365 e. The summed E-state index contributed by atoms with van der Waals surface area (Å²) in [6, 6.07) is 8.17. The Morgan fingerprint density at radius 2 is 1.91 bits per heavy atom. The van der Waals surface area contributed by atoms with E-state index in [4.69, 9.17) is 9.97 Å². The van der Waals surface area contributed by atoms with Crippen LogP contribution in [0.5, 0.6) is 0 Å². The van der Waals surface area contributed by atoms with Crippen LogP contribution in [0.2, 0.25) is 0 Å². The van der Waals surface area contributed by atoms with Gasteiger partial charge < -0.3 is 20.4 Å². The Kier molecular flexibility index (Phi) is 6.01. The summed E-state index contributed by atoms with van der Waals surface area (Å²) in [5.41, 5.74) is 1.23. The van der Waals surface area contributed by atoms with Gasteiger partial charge in [-0.15, -0.1) is 11.3 Å². The van der Waals surface area contributed by atoms with Crippen LogP contribution in [0, 0.1) is 0 Å². The fourth-order valence-corrected chi connectivity index (χ4v) is 5.67. The molecule has 1 aromatic carbocycles. The number of benzene rings is 1. The molecule has 5 heterocycles. The molecule has 4 aromatic rings. The summed E-state index contributed by atoms with van der Waals surface area (Å²) in [5.74, 6) is 2.06. The van der Waals surface area contributed by atoms with Gasteiger partial charge in [-0.3, -0.25) is 14.8 Å². The molecule has 3 N–H and O–H groups in total. The molecule has 1 unspecified atom stereocenters. The molecule has 0 aliphatic carbocycles. The number of thiazole rings is 1. The first-order valence-corrected chi connectivity index (χ1v) is 12.8. The highest BCUT2D eigenvalue weighted by Gasteiger charge is 2.25. The molecule has 1 atom stereocenters. The molecule has 2 aliphatic heterocycles. The molecule has 0 bridgehead atoms. The summed E-state index contributed by atoms with van der Waals surface area (Å²) in [4.78, 5) is 39.1. The highest BCUT2D eigenvalue weighted by molar-refractivity contribution is 7.21. The standard InChI is InChI=1S/C24H27N9OS/c34-22-20(23-29-17-5-1-2-6-18(17)35-23)21(28-16-4-3-7-25-14-16)30-24(31-22)33-12-10-32(11-13-33)19-15-26-8-9-27-19/h1-2,5-6,8-9,15-16,25H,3-4,7,10-14H2,(H2,28,30,31,34). The Bertz CT molecular complexity index is 1330. The van der Waals surface area contributed by atoms with Gasteiger partial charge in [0.2, 0.25) is 5.95 Å².